The Hall–Kier alpha value is -2.80. The zero-order valence-electron chi connectivity index (χ0n) is 13.1. The summed E-state index contributed by atoms with van der Waals surface area (Å²) < 4.78 is 5.14. The number of hydrogen-bond donors (Lipinski definition) is 4. The van der Waals surface area contributed by atoms with Gasteiger partial charge in [0.15, 0.2) is 0 Å². The first-order valence-corrected chi connectivity index (χ1v) is 7.80. The summed E-state index contributed by atoms with van der Waals surface area (Å²) in [6, 6.07) is 11.5. The van der Waals surface area contributed by atoms with E-state index in [0.29, 0.717) is 11.4 Å². The van der Waals surface area contributed by atoms with E-state index in [1.165, 1.54) is 0 Å². The van der Waals surface area contributed by atoms with Gasteiger partial charge in [-0.3, -0.25) is 4.79 Å². The molecule has 7 nitrogen and oxygen atoms in total. The van der Waals surface area contributed by atoms with Gasteiger partial charge in [-0.2, -0.15) is 0 Å². The molecule has 1 fully saturated rings. The predicted molar refractivity (Wildman–Crippen MR) is 88.7 cm³/mol. The third-order valence-electron chi connectivity index (χ3n) is 3.96. The lowest BCUT2D eigenvalue weighted by Gasteiger charge is -2.35. The lowest BCUT2D eigenvalue weighted by Crippen LogP contribution is -2.51. The smallest absolute Gasteiger partial charge is 0.290 e. The zero-order valence-corrected chi connectivity index (χ0v) is 13.1. The highest BCUT2D eigenvalue weighted by Gasteiger charge is 2.30. The molecule has 0 spiro atoms. The van der Waals surface area contributed by atoms with E-state index < -0.39 is 0 Å². The van der Waals surface area contributed by atoms with E-state index in [0.717, 1.165) is 18.4 Å². The molecule has 1 aromatic carbocycles. The molecule has 0 saturated heterocycles. The Bertz CT molecular complexity index is 720. The third kappa shape index (κ3) is 3.75. The Morgan fingerprint density at radius 1 is 1.33 bits per heavy atom. The molecular weight excluding hydrogens is 308 g/mol. The van der Waals surface area contributed by atoms with E-state index in [9.17, 15) is 4.79 Å². The van der Waals surface area contributed by atoms with Crippen LogP contribution in [-0.2, 0) is 0 Å². The molecule has 5 N–H and O–H groups in total. The first-order valence-electron chi connectivity index (χ1n) is 7.80. The van der Waals surface area contributed by atoms with Crippen molar-refractivity contribution in [3.8, 4) is 11.3 Å². The van der Waals surface area contributed by atoms with E-state index in [-0.39, 0.29) is 30.4 Å². The number of amides is 1. The van der Waals surface area contributed by atoms with Crippen molar-refractivity contribution in [1.29, 1.82) is 0 Å². The fourth-order valence-electron chi connectivity index (χ4n) is 2.53. The summed E-state index contributed by atoms with van der Waals surface area (Å²) >= 11 is 0. The number of rotatable bonds is 6. The molecular formula is C17H20N4O3. The maximum atomic E-state index is 12.2. The van der Waals surface area contributed by atoms with Gasteiger partial charge in [0.1, 0.15) is 5.69 Å². The molecule has 1 saturated carbocycles. The quantitative estimate of drug-likeness (QED) is 0.629. The first-order chi connectivity index (χ1) is 11.7. The van der Waals surface area contributed by atoms with Crippen LogP contribution in [0.15, 0.2) is 52.8 Å². The number of aromatic nitrogens is 1. The summed E-state index contributed by atoms with van der Waals surface area (Å²) in [5, 5.41) is 18.8. The van der Waals surface area contributed by atoms with Gasteiger partial charge >= 0.3 is 0 Å². The van der Waals surface area contributed by atoms with Gasteiger partial charge in [-0.1, -0.05) is 35.5 Å². The second kappa shape index (κ2) is 7.18. The Balaban J connectivity index is 1.50. The van der Waals surface area contributed by atoms with Crippen LogP contribution in [0.3, 0.4) is 0 Å². The van der Waals surface area contributed by atoms with Crippen LogP contribution in [0.25, 0.3) is 11.3 Å². The van der Waals surface area contributed by atoms with Gasteiger partial charge in [0.2, 0.25) is 5.76 Å². The van der Waals surface area contributed by atoms with Crippen LogP contribution >= 0.6 is 0 Å². The molecule has 0 atom stereocenters. The van der Waals surface area contributed by atoms with Gasteiger partial charge < -0.3 is 26.0 Å². The normalized spacial score (nSPS) is 20.3. The summed E-state index contributed by atoms with van der Waals surface area (Å²) in [4.78, 5) is 12.2. The second-order valence-corrected chi connectivity index (χ2v) is 5.83. The van der Waals surface area contributed by atoms with Gasteiger partial charge in [0.05, 0.1) is 6.61 Å². The van der Waals surface area contributed by atoms with Crippen LogP contribution in [0.4, 0.5) is 0 Å². The fourth-order valence-corrected chi connectivity index (χ4v) is 2.53. The highest BCUT2D eigenvalue weighted by molar-refractivity contribution is 5.92. The molecule has 0 aliphatic heterocycles. The van der Waals surface area contributed by atoms with Crippen molar-refractivity contribution in [2.45, 2.75) is 24.9 Å². The minimum atomic E-state index is -0.265. The number of nitrogens with two attached hydrogens (primary N) is 1. The topological polar surface area (TPSA) is 113 Å². The van der Waals surface area contributed by atoms with Crippen LogP contribution in [0, 0.1) is 0 Å². The molecule has 1 aromatic heterocycles. The Morgan fingerprint density at radius 2 is 2.08 bits per heavy atom. The Labute approximate surface area is 139 Å². The van der Waals surface area contributed by atoms with Crippen molar-refractivity contribution in [2.75, 3.05) is 6.61 Å². The highest BCUT2D eigenvalue weighted by Crippen LogP contribution is 2.22. The number of nitrogens with one attached hydrogen (secondary N) is 2. The van der Waals surface area contributed by atoms with Crippen LogP contribution < -0.4 is 16.4 Å². The molecule has 7 heteroatoms. The summed E-state index contributed by atoms with van der Waals surface area (Å²) in [6.45, 7) is -0.172. The highest BCUT2D eigenvalue weighted by atomic mass is 16.5. The number of carbonyl (C=O) groups excluding carboxylic acids is 1. The van der Waals surface area contributed by atoms with Crippen LogP contribution in [-0.4, -0.2) is 34.9 Å². The summed E-state index contributed by atoms with van der Waals surface area (Å²) in [7, 11) is 0. The summed E-state index contributed by atoms with van der Waals surface area (Å²) in [5.41, 5.74) is 7.43. The van der Waals surface area contributed by atoms with Crippen molar-refractivity contribution in [3.63, 3.8) is 0 Å². The fraction of sp³-hybridized carbons (Fsp3) is 0.294. The van der Waals surface area contributed by atoms with Crippen molar-refractivity contribution >= 4 is 5.91 Å². The van der Waals surface area contributed by atoms with Crippen molar-refractivity contribution in [1.82, 2.24) is 15.8 Å². The Kier molecular flexibility index (Phi) is 4.81. The second-order valence-electron chi connectivity index (χ2n) is 5.83. The number of nitrogens with zero attached hydrogens (tertiary/aromatic N) is 1. The van der Waals surface area contributed by atoms with E-state index >= 15 is 0 Å². The molecule has 2 aromatic rings. The maximum Gasteiger partial charge on any atom is 0.290 e. The van der Waals surface area contributed by atoms with Crippen LogP contribution in [0.2, 0.25) is 0 Å². The van der Waals surface area contributed by atoms with Gasteiger partial charge in [0.25, 0.3) is 5.91 Å². The molecule has 1 aliphatic carbocycles. The molecule has 0 bridgehead atoms. The number of aliphatic hydroxyl groups is 1. The van der Waals surface area contributed by atoms with Gasteiger partial charge in [-0.15, -0.1) is 0 Å². The largest absolute Gasteiger partial charge is 0.399 e. The SMILES string of the molecule is N/C(=C\NC1CC(NC(=O)c2cc(-c3ccccc3)no2)C1)CO. The van der Waals surface area contributed by atoms with Gasteiger partial charge in [-0.25, -0.2) is 0 Å². The van der Waals surface area contributed by atoms with Gasteiger partial charge in [0, 0.05) is 35.6 Å². The summed E-state index contributed by atoms with van der Waals surface area (Å²) in [6.07, 6.45) is 3.19. The number of hydrogen-bond acceptors (Lipinski definition) is 6. The lowest BCUT2D eigenvalue weighted by atomic mass is 9.87. The van der Waals surface area contributed by atoms with E-state index in [1.54, 1.807) is 12.3 Å². The summed E-state index contributed by atoms with van der Waals surface area (Å²) in [5.74, 6) is -0.0618. The van der Waals surface area contributed by atoms with Gasteiger partial charge in [-0.05, 0) is 12.8 Å². The number of benzene rings is 1. The van der Waals surface area contributed by atoms with Crippen molar-refractivity contribution in [2.24, 2.45) is 5.73 Å². The molecule has 126 valence electrons. The lowest BCUT2D eigenvalue weighted by molar-refractivity contribution is 0.0868. The molecule has 1 aliphatic rings. The zero-order chi connectivity index (χ0) is 16.9. The molecule has 1 heterocycles. The van der Waals surface area contributed by atoms with E-state index in [4.69, 9.17) is 15.4 Å². The van der Waals surface area contributed by atoms with Crippen molar-refractivity contribution in [3.05, 3.63) is 54.1 Å². The molecule has 0 unspecified atom stereocenters. The molecule has 1 amide bonds. The minimum absolute atomic E-state index is 0.0871. The van der Waals surface area contributed by atoms with Crippen LogP contribution in [0.5, 0.6) is 0 Å². The van der Waals surface area contributed by atoms with E-state index in [2.05, 4.69) is 15.8 Å². The first kappa shape index (κ1) is 16.1. The van der Waals surface area contributed by atoms with Crippen LogP contribution in [0.1, 0.15) is 23.4 Å². The Morgan fingerprint density at radius 3 is 2.79 bits per heavy atom. The van der Waals surface area contributed by atoms with Crippen molar-refractivity contribution < 1.29 is 14.4 Å². The van der Waals surface area contributed by atoms with E-state index in [1.807, 2.05) is 30.3 Å². The maximum absolute atomic E-state index is 12.2. The molecule has 3 rings (SSSR count). The number of aliphatic hydroxyl groups excluding tert-OH is 1. The monoisotopic (exact) mass is 328 g/mol. The average Bonchev–Trinajstić information content (AvgIpc) is 3.07. The number of carbonyl (C=O) groups is 1. The third-order valence-corrected chi connectivity index (χ3v) is 3.96. The molecule has 24 heavy (non-hydrogen) atoms. The average molecular weight is 328 g/mol. The minimum Gasteiger partial charge on any atom is -0.399 e. The standard InChI is InChI=1S/C17H20N4O3/c18-12(10-22)9-19-13-6-14(7-13)20-17(23)16-8-15(21-24-16)11-4-2-1-3-5-11/h1-5,8-9,13-14,19,22H,6-7,10,18H2,(H,20,23)/b12-9-. The predicted octanol–water partition coefficient (Wildman–Crippen LogP) is 0.984. The molecule has 0 radical (unpaired) electrons.